The maximum atomic E-state index is 13.6. The molecule has 0 radical (unpaired) electrons. The summed E-state index contributed by atoms with van der Waals surface area (Å²) >= 11 is 3.37. The van der Waals surface area contributed by atoms with Gasteiger partial charge in [-0.1, -0.05) is 58.4 Å². The lowest BCUT2D eigenvalue weighted by Gasteiger charge is -2.37. The lowest BCUT2D eigenvalue weighted by molar-refractivity contribution is -0.153. The second-order valence-corrected chi connectivity index (χ2v) is 10.2. The Morgan fingerprint density at radius 3 is 2.12 bits per heavy atom. The summed E-state index contributed by atoms with van der Waals surface area (Å²) in [6.45, 7) is 0. The lowest BCUT2D eigenvalue weighted by Crippen LogP contribution is -2.48. The predicted molar refractivity (Wildman–Crippen MR) is 120 cm³/mol. The minimum absolute atomic E-state index is 0.122. The quantitative estimate of drug-likeness (QED) is 0.274. The molecule has 0 N–H and O–H groups in total. The van der Waals surface area contributed by atoms with Crippen LogP contribution in [-0.2, 0) is 20.8 Å². The molecule has 0 aromatic heterocycles. The summed E-state index contributed by atoms with van der Waals surface area (Å²) < 4.78 is 6.51. The summed E-state index contributed by atoms with van der Waals surface area (Å²) in [6.07, 6.45) is 5.62. The van der Waals surface area contributed by atoms with Crippen LogP contribution in [0.25, 0.3) is 0 Å². The number of amides is 2. The topological polar surface area (TPSA) is 63.7 Å². The third kappa shape index (κ3) is 3.07. The summed E-state index contributed by atoms with van der Waals surface area (Å²) in [5.74, 6) is -0.00218. The van der Waals surface area contributed by atoms with Gasteiger partial charge in [0.15, 0.2) is 0 Å². The third-order valence-electron chi connectivity index (χ3n) is 7.58. The van der Waals surface area contributed by atoms with Gasteiger partial charge in [0.25, 0.3) is 0 Å². The Kier molecular flexibility index (Phi) is 4.61. The first-order chi connectivity index (χ1) is 15.5. The molecule has 2 aromatic rings. The molecule has 1 heterocycles. The van der Waals surface area contributed by atoms with Crippen molar-refractivity contribution in [3.63, 3.8) is 0 Å². The standard InChI is InChI=1S/C26H22BrNO4/c27-15-6-8-16(9-7-15)32-26(31)21(12-14-4-2-1-3-5-14)28-24(29)22-17-10-11-18(20-13-19(17)20)23(22)25(28)30/h1-11,17-23H,12-13H2/t17-,18-,19-,20+,21-,22+,23+/m1/s1. The molecule has 4 aliphatic carbocycles. The highest BCUT2D eigenvalue weighted by molar-refractivity contribution is 9.10. The maximum absolute atomic E-state index is 13.6. The van der Waals surface area contributed by atoms with Crippen molar-refractivity contribution in [1.82, 2.24) is 4.90 Å². The average molecular weight is 492 g/mol. The molecule has 2 saturated carbocycles. The zero-order chi connectivity index (χ0) is 22.0. The van der Waals surface area contributed by atoms with E-state index >= 15 is 0 Å². The highest BCUT2D eigenvalue weighted by Crippen LogP contribution is 2.65. The Balaban J connectivity index is 1.33. The van der Waals surface area contributed by atoms with Crippen molar-refractivity contribution in [2.75, 3.05) is 0 Å². The van der Waals surface area contributed by atoms with E-state index in [0.29, 0.717) is 17.6 Å². The fourth-order valence-electron chi connectivity index (χ4n) is 6.09. The summed E-state index contributed by atoms with van der Waals surface area (Å²) in [5, 5.41) is 0. The molecule has 7 atom stereocenters. The first-order valence-electron chi connectivity index (χ1n) is 11.1. The van der Waals surface area contributed by atoms with Crippen LogP contribution in [0.15, 0.2) is 71.2 Å². The number of nitrogens with zero attached hydrogens (tertiary/aromatic N) is 1. The molecular weight excluding hydrogens is 470 g/mol. The SMILES string of the molecule is O=C(Oc1ccc(Br)cc1)[C@@H](Cc1ccccc1)N1C(=O)[C@H]2[C@@H]3C=C[C@H]([C@@H]4C[C@H]34)[C@@H]2C1=O. The van der Waals surface area contributed by atoms with E-state index in [9.17, 15) is 14.4 Å². The van der Waals surface area contributed by atoms with Gasteiger partial charge in [0, 0.05) is 10.9 Å². The van der Waals surface area contributed by atoms with Gasteiger partial charge in [-0.3, -0.25) is 14.5 Å². The second kappa shape index (κ2) is 7.41. The van der Waals surface area contributed by atoms with Gasteiger partial charge in [0.1, 0.15) is 11.8 Å². The number of esters is 1. The minimum Gasteiger partial charge on any atom is -0.425 e. The van der Waals surface area contributed by atoms with E-state index in [4.69, 9.17) is 4.74 Å². The number of hydrogen-bond donors (Lipinski definition) is 0. The maximum Gasteiger partial charge on any atom is 0.335 e. The minimum atomic E-state index is -0.984. The number of allylic oxidation sites excluding steroid dienone is 2. The molecular formula is C26H22BrNO4. The van der Waals surface area contributed by atoms with E-state index in [1.54, 1.807) is 24.3 Å². The second-order valence-electron chi connectivity index (χ2n) is 9.28. The van der Waals surface area contributed by atoms with Crippen LogP contribution in [0.3, 0.4) is 0 Å². The van der Waals surface area contributed by atoms with E-state index in [1.165, 1.54) is 4.90 Å². The third-order valence-corrected chi connectivity index (χ3v) is 8.11. The Morgan fingerprint density at radius 1 is 0.938 bits per heavy atom. The number of likely N-dealkylation sites (tertiary alicyclic amines) is 1. The first-order valence-corrected chi connectivity index (χ1v) is 11.9. The van der Waals surface area contributed by atoms with Crippen molar-refractivity contribution in [2.45, 2.75) is 18.9 Å². The molecule has 6 heteroatoms. The number of benzene rings is 2. The summed E-state index contributed by atoms with van der Waals surface area (Å²) in [6, 6.07) is 15.4. The molecule has 5 nitrogen and oxygen atoms in total. The van der Waals surface area contributed by atoms with Crippen LogP contribution < -0.4 is 4.74 Å². The molecule has 0 spiro atoms. The number of hydrogen-bond acceptors (Lipinski definition) is 4. The number of imide groups is 1. The fourth-order valence-corrected chi connectivity index (χ4v) is 6.36. The van der Waals surface area contributed by atoms with Gasteiger partial charge in [-0.05, 0) is 59.9 Å². The molecule has 0 unspecified atom stereocenters. The molecule has 2 bridgehead atoms. The lowest BCUT2D eigenvalue weighted by atomic mass is 9.63. The van der Waals surface area contributed by atoms with Gasteiger partial charge >= 0.3 is 5.97 Å². The van der Waals surface area contributed by atoms with Crippen LogP contribution in [0.4, 0.5) is 0 Å². The number of carbonyl (C=O) groups excluding carboxylic acids is 3. The van der Waals surface area contributed by atoms with Crippen molar-refractivity contribution in [3.8, 4) is 5.75 Å². The number of halogens is 1. The Morgan fingerprint density at radius 2 is 1.53 bits per heavy atom. The van der Waals surface area contributed by atoms with Gasteiger partial charge in [-0.25, -0.2) is 4.79 Å². The van der Waals surface area contributed by atoms with Crippen LogP contribution in [0.1, 0.15) is 12.0 Å². The summed E-state index contributed by atoms with van der Waals surface area (Å²) in [4.78, 5) is 41.8. The van der Waals surface area contributed by atoms with Gasteiger partial charge in [0.2, 0.25) is 11.8 Å². The van der Waals surface area contributed by atoms with E-state index in [0.717, 1.165) is 16.5 Å². The van der Waals surface area contributed by atoms with Gasteiger partial charge in [-0.2, -0.15) is 0 Å². The largest absolute Gasteiger partial charge is 0.425 e. The fraction of sp³-hybridized carbons (Fsp3) is 0.346. The normalized spacial score (nSPS) is 32.5. The van der Waals surface area contributed by atoms with E-state index in [1.807, 2.05) is 30.3 Å². The molecule has 5 aliphatic rings. The predicted octanol–water partition coefficient (Wildman–Crippen LogP) is 4.02. The van der Waals surface area contributed by atoms with E-state index in [-0.39, 0.29) is 41.9 Å². The molecule has 2 amide bonds. The molecule has 32 heavy (non-hydrogen) atoms. The zero-order valence-corrected chi connectivity index (χ0v) is 18.9. The van der Waals surface area contributed by atoms with Gasteiger partial charge < -0.3 is 4.74 Å². The van der Waals surface area contributed by atoms with Crippen LogP contribution in [0, 0.1) is 35.5 Å². The van der Waals surface area contributed by atoms with Gasteiger partial charge in [-0.15, -0.1) is 0 Å². The van der Waals surface area contributed by atoms with Crippen LogP contribution >= 0.6 is 15.9 Å². The number of ether oxygens (including phenoxy) is 1. The average Bonchev–Trinajstić information content (AvgIpc) is 3.58. The van der Waals surface area contributed by atoms with Crippen LogP contribution in [0.2, 0.25) is 0 Å². The van der Waals surface area contributed by atoms with Crippen molar-refractivity contribution < 1.29 is 19.1 Å². The molecule has 1 aliphatic heterocycles. The molecule has 162 valence electrons. The Bertz CT molecular complexity index is 1090. The Labute approximate surface area is 194 Å². The molecule has 1 saturated heterocycles. The van der Waals surface area contributed by atoms with Crippen molar-refractivity contribution >= 4 is 33.7 Å². The van der Waals surface area contributed by atoms with E-state index in [2.05, 4.69) is 28.1 Å². The number of carbonyl (C=O) groups is 3. The van der Waals surface area contributed by atoms with Gasteiger partial charge in [0.05, 0.1) is 11.8 Å². The smallest absolute Gasteiger partial charge is 0.335 e. The molecule has 3 fully saturated rings. The van der Waals surface area contributed by atoms with Crippen molar-refractivity contribution in [1.29, 1.82) is 0 Å². The van der Waals surface area contributed by atoms with Crippen molar-refractivity contribution in [2.24, 2.45) is 35.5 Å². The highest BCUT2D eigenvalue weighted by atomic mass is 79.9. The first kappa shape index (κ1) is 19.9. The Hall–Kier alpha value is -2.73. The summed E-state index contributed by atoms with van der Waals surface area (Å²) in [7, 11) is 0. The highest BCUT2D eigenvalue weighted by Gasteiger charge is 2.68. The van der Waals surface area contributed by atoms with Crippen LogP contribution in [0.5, 0.6) is 5.75 Å². The number of rotatable bonds is 5. The van der Waals surface area contributed by atoms with E-state index < -0.39 is 12.0 Å². The zero-order valence-electron chi connectivity index (χ0n) is 17.3. The molecule has 7 rings (SSSR count). The summed E-state index contributed by atoms with van der Waals surface area (Å²) in [5.41, 5.74) is 0.879. The monoisotopic (exact) mass is 491 g/mol. The van der Waals surface area contributed by atoms with Crippen molar-refractivity contribution in [3.05, 3.63) is 76.8 Å². The van der Waals surface area contributed by atoms with Crippen LogP contribution in [-0.4, -0.2) is 28.7 Å². The molecule has 2 aromatic carbocycles.